The molecule has 0 aromatic heterocycles. The van der Waals surface area contributed by atoms with E-state index >= 15 is 0 Å². The minimum Gasteiger partial charge on any atom is -0.451 e. The van der Waals surface area contributed by atoms with Gasteiger partial charge in [-0.05, 0) is 13.3 Å². The molecule has 0 saturated carbocycles. The Kier molecular flexibility index (Phi) is 3.67. The van der Waals surface area contributed by atoms with Crippen LogP contribution in [0.1, 0.15) is 13.3 Å². The number of esters is 1. The van der Waals surface area contributed by atoms with Crippen LogP contribution in [0.15, 0.2) is 0 Å². The molecule has 9 nitrogen and oxygen atoms in total. The SMILES string of the molecule is CC12OC3CC1S(=O)(=O)OC2C3OC(=O)C(F)(F)SOOO. The van der Waals surface area contributed by atoms with Gasteiger partial charge >= 0.3 is 11.2 Å². The van der Waals surface area contributed by atoms with E-state index in [-0.39, 0.29) is 6.42 Å². The van der Waals surface area contributed by atoms with Crippen LogP contribution in [-0.4, -0.2) is 54.1 Å². The first-order valence-corrected chi connectivity index (χ1v) is 8.18. The minimum absolute atomic E-state index is 0.0117. The number of halogens is 2. The molecule has 3 fully saturated rings. The smallest absolute Gasteiger partial charge is 0.415 e. The molecule has 0 aromatic carbocycles. The normalized spacial score (nSPS) is 41.8. The maximum Gasteiger partial charge on any atom is 0.415 e. The third-order valence-corrected chi connectivity index (χ3v) is 6.29. The van der Waals surface area contributed by atoms with Gasteiger partial charge in [-0.1, -0.05) is 5.04 Å². The number of alkyl halides is 2. The van der Waals surface area contributed by atoms with Crippen molar-refractivity contribution in [2.75, 3.05) is 0 Å². The Morgan fingerprint density at radius 3 is 2.82 bits per heavy atom. The van der Waals surface area contributed by atoms with Gasteiger partial charge in [0.15, 0.2) is 6.10 Å². The van der Waals surface area contributed by atoms with Crippen LogP contribution in [0.3, 0.4) is 0 Å². The molecule has 13 heteroatoms. The molecule has 0 amide bonds. The molecular formula is C9H10F2O9S2. The van der Waals surface area contributed by atoms with E-state index in [0.29, 0.717) is 0 Å². The van der Waals surface area contributed by atoms with Crippen LogP contribution in [0, 0.1) is 0 Å². The summed E-state index contributed by atoms with van der Waals surface area (Å²) in [6.45, 7) is 1.47. The van der Waals surface area contributed by atoms with Crippen molar-refractivity contribution in [2.24, 2.45) is 0 Å². The molecule has 126 valence electrons. The molecule has 1 N–H and O–H groups in total. The van der Waals surface area contributed by atoms with Gasteiger partial charge in [0.25, 0.3) is 10.1 Å². The number of carbonyl (C=O) groups excluding carboxylic acids is 1. The first-order chi connectivity index (χ1) is 10.1. The van der Waals surface area contributed by atoms with Gasteiger partial charge in [0.2, 0.25) is 0 Å². The summed E-state index contributed by atoms with van der Waals surface area (Å²) in [6.07, 6.45) is -3.33. The lowest BCUT2D eigenvalue weighted by molar-refractivity contribution is -0.433. The molecule has 3 saturated heterocycles. The summed E-state index contributed by atoms with van der Waals surface area (Å²) in [5.74, 6) is -2.00. The van der Waals surface area contributed by atoms with Crippen LogP contribution in [-0.2, 0) is 37.9 Å². The highest BCUT2D eigenvalue weighted by atomic mass is 32.2. The summed E-state index contributed by atoms with van der Waals surface area (Å²) in [7, 11) is -3.89. The lowest BCUT2D eigenvalue weighted by atomic mass is 9.85. The zero-order chi connectivity index (χ0) is 16.3. The predicted octanol–water partition coefficient (Wildman–Crippen LogP) is 0.219. The first-order valence-electron chi connectivity index (χ1n) is 5.96. The summed E-state index contributed by atoms with van der Waals surface area (Å²) in [5, 5.41) is 5.72. The average molecular weight is 364 g/mol. The molecule has 5 unspecified atom stereocenters. The summed E-state index contributed by atoms with van der Waals surface area (Å²) in [5.41, 5.74) is -1.23. The number of fused-ring (bicyclic) bond motifs is 1. The van der Waals surface area contributed by atoms with Gasteiger partial charge < -0.3 is 9.47 Å². The van der Waals surface area contributed by atoms with Crippen LogP contribution in [0.5, 0.6) is 0 Å². The second kappa shape index (κ2) is 4.96. The standard InChI is InChI=1S/C9H10F2O9S2/c1-8-4-2-3(17-8)5(6(8)18-22(4,14)15)16-7(12)9(10,11)21-20-19-13/h3-6,13H,2H2,1H3. The van der Waals surface area contributed by atoms with Gasteiger partial charge in [0, 0.05) is 0 Å². The van der Waals surface area contributed by atoms with Gasteiger partial charge in [-0.15, -0.1) is 4.33 Å². The minimum atomic E-state index is -4.18. The molecule has 3 aliphatic heterocycles. The molecule has 2 bridgehead atoms. The Morgan fingerprint density at radius 2 is 2.18 bits per heavy atom. The summed E-state index contributed by atoms with van der Waals surface area (Å²) in [6, 6.07) is 0. The van der Waals surface area contributed by atoms with Crippen molar-refractivity contribution in [2.45, 2.75) is 47.8 Å². The van der Waals surface area contributed by atoms with Gasteiger partial charge in [-0.3, -0.25) is 4.18 Å². The van der Waals surface area contributed by atoms with Crippen molar-refractivity contribution in [3.05, 3.63) is 0 Å². The Bertz CT molecular complexity index is 596. The van der Waals surface area contributed by atoms with E-state index in [0.717, 1.165) is 0 Å². The maximum atomic E-state index is 13.4. The molecule has 3 heterocycles. The lowest BCUT2D eigenvalue weighted by Gasteiger charge is -2.27. The fourth-order valence-corrected chi connectivity index (χ4v) is 5.20. The molecule has 0 aliphatic carbocycles. The Morgan fingerprint density at radius 1 is 1.50 bits per heavy atom. The predicted molar refractivity (Wildman–Crippen MR) is 62.7 cm³/mol. The molecule has 0 spiro atoms. The van der Waals surface area contributed by atoms with Crippen molar-refractivity contribution in [3.63, 3.8) is 0 Å². The molecule has 0 aromatic rings. The fraction of sp³-hybridized carbons (Fsp3) is 0.889. The number of carbonyl (C=O) groups is 1. The second-order valence-corrected chi connectivity index (χ2v) is 7.75. The monoisotopic (exact) mass is 364 g/mol. The number of hydrogen-bond acceptors (Lipinski definition) is 10. The zero-order valence-corrected chi connectivity index (χ0v) is 12.4. The zero-order valence-electron chi connectivity index (χ0n) is 10.8. The average Bonchev–Trinajstić information content (AvgIpc) is 2.92. The quantitative estimate of drug-likeness (QED) is 0.239. The van der Waals surface area contributed by atoms with Crippen LogP contribution in [0.25, 0.3) is 0 Å². The molecule has 22 heavy (non-hydrogen) atoms. The maximum absolute atomic E-state index is 13.4. The Labute approximate surface area is 127 Å². The third-order valence-electron chi connectivity index (χ3n) is 3.96. The lowest BCUT2D eigenvalue weighted by Crippen LogP contribution is -2.49. The third kappa shape index (κ3) is 2.23. The Hall–Kier alpha value is -0.570. The van der Waals surface area contributed by atoms with E-state index in [9.17, 15) is 22.0 Å². The van der Waals surface area contributed by atoms with Crippen LogP contribution < -0.4 is 0 Å². The molecular weight excluding hydrogens is 354 g/mol. The van der Waals surface area contributed by atoms with Crippen molar-refractivity contribution in [3.8, 4) is 0 Å². The van der Waals surface area contributed by atoms with E-state index in [2.05, 4.69) is 14.1 Å². The van der Waals surface area contributed by atoms with Crippen molar-refractivity contribution >= 4 is 28.1 Å². The molecule has 0 radical (unpaired) electrons. The van der Waals surface area contributed by atoms with E-state index < -0.39 is 62.5 Å². The van der Waals surface area contributed by atoms with E-state index in [1.165, 1.54) is 6.92 Å². The number of ether oxygens (including phenoxy) is 2. The number of rotatable bonds is 5. The molecule has 3 aliphatic rings. The molecule has 5 atom stereocenters. The largest absolute Gasteiger partial charge is 0.451 e. The van der Waals surface area contributed by atoms with E-state index in [1.54, 1.807) is 0 Å². The summed E-state index contributed by atoms with van der Waals surface area (Å²) < 4.78 is 68.8. The van der Waals surface area contributed by atoms with Crippen molar-refractivity contribution < 1.29 is 50.3 Å². The van der Waals surface area contributed by atoms with Crippen molar-refractivity contribution in [1.82, 2.24) is 0 Å². The van der Waals surface area contributed by atoms with Gasteiger partial charge in [0.05, 0.1) is 6.10 Å². The fourth-order valence-electron chi connectivity index (χ4n) is 3.06. The van der Waals surface area contributed by atoms with Gasteiger partial charge in [-0.25, -0.2) is 10.1 Å². The molecule has 3 rings (SSSR count). The number of hydrogen-bond donors (Lipinski definition) is 1. The summed E-state index contributed by atoms with van der Waals surface area (Å²) in [4.78, 5) is 11.5. The summed E-state index contributed by atoms with van der Waals surface area (Å²) >= 11 is -0.772. The van der Waals surface area contributed by atoms with Crippen LogP contribution >= 0.6 is 12.0 Å². The highest BCUT2D eigenvalue weighted by Gasteiger charge is 2.74. The van der Waals surface area contributed by atoms with Gasteiger partial charge in [-0.2, -0.15) is 17.2 Å². The van der Waals surface area contributed by atoms with E-state index in [1.807, 2.05) is 0 Å². The highest BCUT2D eigenvalue weighted by Crippen LogP contribution is 2.55. The topological polar surface area (TPSA) is 118 Å². The van der Waals surface area contributed by atoms with E-state index in [4.69, 9.17) is 14.2 Å². The Balaban J connectivity index is 1.75. The second-order valence-electron chi connectivity index (χ2n) is 5.19. The van der Waals surface area contributed by atoms with Crippen LogP contribution in [0.2, 0.25) is 0 Å². The highest BCUT2D eigenvalue weighted by molar-refractivity contribution is 7.96. The van der Waals surface area contributed by atoms with Crippen LogP contribution in [0.4, 0.5) is 8.78 Å². The first kappa shape index (κ1) is 16.3. The van der Waals surface area contributed by atoms with Gasteiger partial charge in [0.1, 0.15) is 29.0 Å². The van der Waals surface area contributed by atoms with Crippen molar-refractivity contribution in [1.29, 1.82) is 0 Å².